The molecule has 0 saturated carbocycles. The molecule has 0 spiro atoms. The summed E-state index contributed by atoms with van der Waals surface area (Å²) in [6.07, 6.45) is 4.24. The van der Waals surface area contributed by atoms with Crippen molar-refractivity contribution in [2.75, 3.05) is 0 Å². The van der Waals surface area contributed by atoms with Crippen LogP contribution in [-0.4, -0.2) is 21.4 Å². The summed E-state index contributed by atoms with van der Waals surface area (Å²) in [7, 11) is 0. The van der Waals surface area contributed by atoms with Gasteiger partial charge in [-0.25, -0.2) is 0 Å². The molecule has 2 N–H and O–H groups in total. The van der Waals surface area contributed by atoms with Crippen LogP contribution in [0.5, 0.6) is 5.75 Å². The molecule has 2 aromatic rings. The topological polar surface area (TPSA) is 65.7 Å². The van der Waals surface area contributed by atoms with E-state index in [-0.39, 0.29) is 12.4 Å². The molecule has 1 aromatic carbocycles. The molecule has 1 aromatic heterocycles. The maximum absolute atomic E-state index is 10.1. The number of rotatable bonds is 5. The molecule has 116 valence electrons. The minimum atomic E-state index is -0.185. The molecule has 22 heavy (non-hydrogen) atoms. The van der Waals surface area contributed by atoms with Gasteiger partial charge in [0.05, 0.1) is 18.0 Å². The molecule has 0 bridgehead atoms. The quantitative estimate of drug-likeness (QED) is 0.824. The molecule has 0 radical (unpaired) electrons. The Balaban J connectivity index is 2.27. The van der Waals surface area contributed by atoms with Gasteiger partial charge in [0.1, 0.15) is 5.75 Å². The molecule has 0 aliphatic carbocycles. The number of aromatic hydroxyl groups is 1. The summed E-state index contributed by atoms with van der Waals surface area (Å²) in [5, 5.41) is 19.4. The third-order valence-electron chi connectivity index (χ3n) is 3.95. The van der Waals surface area contributed by atoms with Crippen molar-refractivity contribution in [3.8, 4) is 5.75 Å². The largest absolute Gasteiger partial charge is 0.505 e. The van der Waals surface area contributed by atoms with E-state index in [1.54, 1.807) is 19.3 Å². The van der Waals surface area contributed by atoms with Gasteiger partial charge in [-0.1, -0.05) is 26.0 Å². The van der Waals surface area contributed by atoms with Crippen molar-refractivity contribution in [1.29, 1.82) is 0 Å². The van der Waals surface area contributed by atoms with Gasteiger partial charge in [-0.3, -0.25) is 9.98 Å². The van der Waals surface area contributed by atoms with Crippen LogP contribution < -0.4 is 0 Å². The molecule has 1 atom stereocenters. The van der Waals surface area contributed by atoms with Crippen LogP contribution in [0.3, 0.4) is 0 Å². The molecule has 0 aliphatic heterocycles. The molecule has 2 rings (SSSR count). The minimum absolute atomic E-state index is 0.0616. The standard InChI is InChI=1S/C18H22N2O2/c1-4-12(2)14-5-7-16(8-6-14)20-10-17-15(11-21)9-19-13(3)18(17)22/h5-10,12,21-22H,4,11H2,1-3H3/t12-/m0/s1. The van der Waals surface area contributed by atoms with Gasteiger partial charge in [0.15, 0.2) is 0 Å². The van der Waals surface area contributed by atoms with E-state index in [9.17, 15) is 10.2 Å². The number of hydrogen-bond acceptors (Lipinski definition) is 4. The zero-order valence-electron chi connectivity index (χ0n) is 13.2. The Morgan fingerprint density at radius 1 is 1.27 bits per heavy atom. The summed E-state index contributed by atoms with van der Waals surface area (Å²) in [5.74, 6) is 0.595. The number of aliphatic imine (C=N–C) groups is 1. The van der Waals surface area contributed by atoms with Crippen molar-refractivity contribution >= 4 is 11.9 Å². The molecule has 4 nitrogen and oxygen atoms in total. The second-order valence-electron chi connectivity index (χ2n) is 5.45. The molecule has 4 heteroatoms. The number of pyridine rings is 1. The predicted octanol–water partition coefficient (Wildman–Crippen LogP) is 3.85. The number of aromatic nitrogens is 1. The van der Waals surface area contributed by atoms with Crippen molar-refractivity contribution in [3.63, 3.8) is 0 Å². The van der Waals surface area contributed by atoms with E-state index >= 15 is 0 Å². The Hall–Kier alpha value is -2.20. The van der Waals surface area contributed by atoms with Gasteiger partial charge in [0.2, 0.25) is 0 Å². The summed E-state index contributed by atoms with van der Waals surface area (Å²) in [4.78, 5) is 8.42. The summed E-state index contributed by atoms with van der Waals surface area (Å²) >= 11 is 0. The highest BCUT2D eigenvalue weighted by Crippen LogP contribution is 2.24. The fourth-order valence-electron chi connectivity index (χ4n) is 2.19. The monoisotopic (exact) mass is 298 g/mol. The maximum Gasteiger partial charge on any atom is 0.145 e. The minimum Gasteiger partial charge on any atom is -0.505 e. The van der Waals surface area contributed by atoms with Crippen LogP contribution in [0.25, 0.3) is 0 Å². The van der Waals surface area contributed by atoms with Crippen molar-refractivity contribution in [1.82, 2.24) is 4.98 Å². The van der Waals surface area contributed by atoms with Crippen LogP contribution in [0.4, 0.5) is 5.69 Å². The first-order valence-electron chi connectivity index (χ1n) is 7.49. The number of aliphatic hydroxyl groups excluding tert-OH is 1. The fourth-order valence-corrected chi connectivity index (χ4v) is 2.19. The average Bonchev–Trinajstić information content (AvgIpc) is 2.56. The third kappa shape index (κ3) is 3.52. The Morgan fingerprint density at radius 2 is 1.95 bits per heavy atom. The molecular weight excluding hydrogens is 276 g/mol. The predicted molar refractivity (Wildman–Crippen MR) is 89.0 cm³/mol. The van der Waals surface area contributed by atoms with Crippen LogP contribution in [0.1, 0.15) is 48.6 Å². The van der Waals surface area contributed by atoms with E-state index in [1.165, 1.54) is 5.56 Å². The van der Waals surface area contributed by atoms with E-state index in [1.807, 2.05) is 12.1 Å². The Kier molecular flexibility index (Phi) is 5.28. The van der Waals surface area contributed by atoms with Gasteiger partial charge >= 0.3 is 0 Å². The van der Waals surface area contributed by atoms with Crippen LogP contribution in [-0.2, 0) is 6.61 Å². The van der Waals surface area contributed by atoms with Crippen molar-refractivity contribution < 1.29 is 10.2 Å². The third-order valence-corrected chi connectivity index (χ3v) is 3.95. The van der Waals surface area contributed by atoms with E-state index in [2.05, 4.69) is 36.0 Å². The molecule has 0 saturated heterocycles. The highest BCUT2D eigenvalue weighted by Gasteiger charge is 2.09. The summed E-state index contributed by atoms with van der Waals surface area (Å²) < 4.78 is 0. The summed E-state index contributed by atoms with van der Waals surface area (Å²) in [6, 6.07) is 8.07. The van der Waals surface area contributed by atoms with Crippen LogP contribution in [0.15, 0.2) is 35.5 Å². The van der Waals surface area contributed by atoms with Gasteiger partial charge in [-0.2, -0.15) is 0 Å². The highest BCUT2D eigenvalue weighted by atomic mass is 16.3. The highest BCUT2D eigenvalue weighted by molar-refractivity contribution is 5.87. The lowest BCUT2D eigenvalue weighted by Gasteiger charge is -2.09. The first kappa shape index (κ1) is 16.2. The summed E-state index contributed by atoms with van der Waals surface area (Å²) in [6.45, 7) is 5.90. The van der Waals surface area contributed by atoms with Crippen LogP contribution >= 0.6 is 0 Å². The van der Waals surface area contributed by atoms with E-state index < -0.39 is 0 Å². The van der Waals surface area contributed by atoms with Gasteiger partial charge in [-0.05, 0) is 37.0 Å². The molecular formula is C18H22N2O2. The lowest BCUT2D eigenvalue weighted by atomic mass is 9.99. The fraction of sp³-hybridized carbons (Fsp3) is 0.333. The normalized spacial score (nSPS) is 12.7. The second kappa shape index (κ2) is 7.18. The van der Waals surface area contributed by atoms with Crippen LogP contribution in [0.2, 0.25) is 0 Å². The molecule has 1 heterocycles. The molecule has 0 amide bonds. The first-order valence-corrected chi connectivity index (χ1v) is 7.49. The smallest absolute Gasteiger partial charge is 0.145 e. The first-order chi connectivity index (χ1) is 10.6. The number of aliphatic hydroxyl groups is 1. The Bertz CT molecular complexity index is 664. The van der Waals surface area contributed by atoms with Crippen molar-refractivity contribution in [2.45, 2.75) is 39.7 Å². The van der Waals surface area contributed by atoms with Crippen molar-refractivity contribution in [3.05, 3.63) is 52.8 Å². The number of nitrogens with zero attached hydrogens (tertiary/aromatic N) is 2. The average molecular weight is 298 g/mol. The van der Waals surface area contributed by atoms with Gasteiger partial charge in [0, 0.05) is 23.5 Å². The lowest BCUT2D eigenvalue weighted by Crippen LogP contribution is -1.97. The van der Waals surface area contributed by atoms with Gasteiger partial charge in [0.25, 0.3) is 0 Å². The number of aryl methyl sites for hydroxylation is 1. The van der Waals surface area contributed by atoms with Gasteiger partial charge in [-0.15, -0.1) is 0 Å². The van der Waals surface area contributed by atoms with E-state index in [4.69, 9.17) is 0 Å². The van der Waals surface area contributed by atoms with Gasteiger partial charge < -0.3 is 10.2 Å². The number of hydrogen-bond donors (Lipinski definition) is 2. The Morgan fingerprint density at radius 3 is 2.55 bits per heavy atom. The summed E-state index contributed by atoms with van der Waals surface area (Å²) in [5.41, 5.74) is 3.69. The zero-order valence-corrected chi connectivity index (χ0v) is 13.2. The molecule has 0 unspecified atom stereocenters. The van der Waals surface area contributed by atoms with Crippen molar-refractivity contribution in [2.24, 2.45) is 4.99 Å². The molecule has 0 aliphatic rings. The van der Waals surface area contributed by atoms with E-state index in [0.717, 1.165) is 12.1 Å². The SMILES string of the molecule is CC[C@H](C)c1ccc(N=Cc2c(CO)cnc(C)c2O)cc1. The van der Waals surface area contributed by atoms with E-state index in [0.29, 0.717) is 22.7 Å². The maximum atomic E-state index is 10.1. The van der Waals surface area contributed by atoms with Crippen LogP contribution in [0, 0.1) is 6.92 Å². The molecule has 0 fully saturated rings. The lowest BCUT2D eigenvalue weighted by molar-refractivity contribution is 0.280. The number of benzene rings is 1. The Labute approximate surface area is 131 Å². The zero-order chi connectivity index (χ0) is 16.1. The second-order valence-corrected chi connectivity index (χ2v) is 5.45.